The van der Waals surface area contributed by atoms with Gasteiger partial charge < -0.3 is 14.5 Å². The maximum atomic E-state index is 11.1. The Morgan fingerprint density at radius 2 is 2.53 bits per heavy atom. The highest BCUT2D eigenvalue weighted by atomic mass is 16.5. The van der Waals surface area contributed by atoms with Crippen molar-refractivity contribution in [3.8, 4) is 12.3 Å². The predicted molar refractivity (Wildman–Crippen MR) is 55.2 cm³/mol. The second kappa shape index (κ2) is 5.89. The van der Waals surface area contributed by atoms with Crippen LogP contribution in [-0.2, 0) is 11.3 Å². The van der Waals surface area contributed by atoms with Crippen LogP contribution >= 0.6 is 0 Å². The molecule has 0 saturated heterocycles. The van der Waals surface area contributed by atoms with E-state index in [9.17, 15) is 4.79 Å². The van der Waals surface area contributed by atoms with E-state index in [0.29, 0.717) is 24.3 Å². The molecule has 0 spiro atoms. The van der Waals surface area contributed by atoms with Gasteiger partial charge in [0.05, 0.1) is 19.2 Å². The number of nitrogens with one attached hydrogen (secondary N) is 1. The van der Waals surface area contributed by atoms with Gasteiger partial charge in [-0.15, -0.1) is 12.3 Å². The zero-order valence-corrected chi connectivity index (χ0v) is 8.58. The fourth-order valence-electron chi connectivity index (χ4n) is 1.07. The van der Waals surface area contributed by atoms with Crippen molar-refractivity contribution >= 4 is 5.97 Å². The Bertz CT molecular complexity index is 362. The van der Waals surface area contributed by atoms with Crippen molar-refractivity contribution in [2.45, 2.75) is 13.0 Å². The highest BCUT2D eigenvalue weighted by molar-refractivity contribution is 5.88. The molecule has 80 valence electrons. The molecule has 1 heterocycles. The van der Waals surface area contributed by atoms with Crippen molar-refractivity contribution in [2.24, 2.45) is 0 Å². The second-order valence-electron chi connectivity index (χ2n) is 2.92. The summed E-state index contributed by atoms with van der Waals surface area (Å²) >= 11 is 0. The molecular formula is C11H13NO3. The van der Waals surface area contributed by atoms with E-state index < -0.39 is 5.97 Å². The minimum atomic E-state index is -0.395. The van der Waals surface area contributed by atoms with Crippen LogP contribution in [0, 0.1) is 12.3 Å². The Morgan fingerprint density at radius 1 is 1.73 bits per heavy atom. The van der Waals surface area contributed by atoms with E-state index in [2.05, 4.69) is 16.0 Å². The first-order valence-electron chi connectivity index (χ1n) is 4.58. The van der Waals surface area contributed by atoms with Gasteiger partial charge in [0.1, 0.15) is 12.0 Å². The molecule has 4 heteroatoms. The number of hydrogen-bond acceptors (Lipinski definition) is 4. The van der Waals surface area contributed by atoms with Crippen molar-refractivity contribution in [3.05, 3.63) is 23.7 Å². The number of ether oxygens (including phenoxy) is 1. The van der Waals surface area contributed by atoms with Crippen molar-refractivity contribution in [3.63, 3.8) is 0 Å². The molecule has 0 atom stereocenters. The number of esters is 1. The minimum Gasteiger partial charge on any atom is -0.467 e. The maximum absolute atomic E-state index is 11.1. The van der Waals surface area contributed by atoms with Gasteiger partial charge in [0.15, 0.2) is 0 Å². The fraction of sp³-hybridized carbons (Fsp3) is 0.364. The monoisotopic (exact) mass is 207 g/mol. The molecule has 0 unspecified atom stereocenters. The molecule has 1 aromatic heterocycles. The molecule has 15 heavy (non-hydrogen) atoms. The number of hydrogen-bond donors (Lipinski definition) is 1. The Hall–Kier alpha value is -1.73. The summed E-state index contributed by atoms with van der Waals surface area (Å²) in [5.41, 5.74) is 0.422. The number of furan rings is 1. The van der Waals surface area contributed by atoms with Crippen molar-refractivity contribution < 1.29 is 13.9 Å². The molecule has 0 fully saturated rings. The summed E-state index contributed by atoms with van der Waals surface area (Å²) < 4.78 is 9.70. The zero-order valence-electron chi connectivity index (χ0n) is 8.58. The number of methoxy groups -OCH3 is 1. The van der Waals surface area contributed by atoms with Gasteiger partial charge >= 0.3 is 5.97 Å². The van der Waals surface area contributed by atoms with E-state index in [1.165, 1.54) is 13.4 Å². The van der Waals surface area contributed by atoms with Gasteiger partial charge in [-0.1, -0.05) is 0 Å². The normalized spacial score (nSPS) is 9.60. The first-order chi connectivity index (χ1) is 7.27. The largest absolute Gasteiger partial charge is 0.467 e. The van der Waals surface area contributed by atoms with Crippen LogP contribution in [0.3, 0.4) is 0 Å². The van der Waals surface area contributed by atoms with E-state index in [1.807, 2.05) is 0 Å². The standard InChI is InChI=1S/C11H13NO3/c1-3-4-5-12-7-10-6-9(8-15-10)11(13)14-2/h1,6,8,12H,4-5,7H2,2H3. The average molecular weight is 207 g/mol. The molecule has 0 radical (unpaired) electrons. The quantitative estimate of drug-likeness (QED) is 0.447. The molecule has 4 nitrogen and oxygen atoms in total. The van der Waals surface area contributed by atoms with Gasteiger partial charge in [0.25, 0.3) is 0 Å². The van der Waals surface area contributed by atoms with E-state index in [-0.39, 0.29) is 0 Å². The van der Waals surface area contributed by atoms with Crippen LogP contribution in [0.25, 0.3) is 0 Å². The summed E-state index contributed by atoms with van der Waals surface area (Å²) in [7, 11) is 1.33. The van der Waals surface area contributed by atoms with Crippen molar-refractivity contribution in [1.29, 1.82) is 0 Å². The molecule has 1 N–H and O–H groups in total. The van der Waals surface area contributed by atoms with Gasteiger partial charge in [0, 0.05) is 13.0 Å². The topological polar surface area (TPSA) is 51.5 Å². The third kappa shape index (κ3) is 3.49. The Labute approximate surface area is 88.6 Å². The molecule has 0 bridgehead atoms. The Morgan fingerprint density at radius 3 is 3.20 bits per heavy atom. The number of rotatable bonds is 5. The van der Waals surface area contributed by atoms with Gasteiger partial charge in [-0.25, -0.2) is 4.79 Å². The van der Waals surface area contributed by atoms with Gasteiger partial charge in [-0.3, -0.25) is 0 Å². The van der Waals surface area contributed by atoms with Crippen LogP contribution < -0.4 is 5.32 Å². The van der Waals surface area contributed by atoms with Crippen LogP contribution in [0.2, 0.25) is 0 Å². The van der Waals surface area contributed by atoms with Crippen LogP contribution in [0.15, 0.2) is 16.7 Å². The number of terminal acetylenes is 1. The highest BCUT2D eigenvalue weighted by Gasteiger charge is 2.09. The first kappa shape index (κ1) is 11.3. The SMILES string of the molecule is C#CCCNCc1cc(C(=O)OC)co1. The number of carbonyl (C=O) groups excluding carboxylic acids is 1. The molecule has 0 saturated carbocycles. The van der Waals surface area contributed by atoms with Crippen LogP contribution in [-0.4, -0.2) is 19.6 Å². The van der Waals surface area contributed by atoms with E-state index in [1.54, 1.807) is 6.07 Å². The molecule has 0 amide bonds. The van der Waals surface area contributed by atoms with Crippen molar-refractivity contribution in [1.82, 2.24) is 5.32 Å². The smallest absolute Gasteiger partial charge is 0.341 e. The predicted octanol–water partition coefficient (Wildman–Crippen LogP) is 1.18. The lowest BCUT2D eigenvalue weighted by Gasteiger charge is -1.97. The molecule has 1 rings (SSSR count). The van der Waals surface area contributed by atoms with E-state index in [0.717, 1.165) is 6.54 Å². The molecule has 0 aliphatic heterocycles. The summed E-state index contributed by atoms with van der Waals surface area (Å²) in [5.74, 6) is 2.81. The average Bonchev–Trinajstić information content (AvgIpc) is 2.72. The Kier molecular flexibility index (Phi) is 4.45. The van der Waals surface area contributed by atoms with E-state index in [4.69, 9.17) is 10.8 Å². The summed E-state index contributed by atoms with van der Waals surface area (Å²) in [6.45, 7) is 1.28. The lowest BCUT2D eigenvalue weighted by Crippen LogP contribution is -2.13. The third-order valence-corrected chi connectivity index (χ3v) is 1.82. The molecular weight excluding hydrogens is 194 g/mol. The van der Waals surface area contributed by atoms with Gasteiger partial charge in [0.2, 0.25) is 0 Å². The van der Waals surface area contributed by atoms with Crippen LogP contribution in [0.5, 0.6) is 0 Å². The fourth-order valence-corrected chi connectivity index (χ4v) is 1.07. The molecule has 0 aliphatic carbocycles. The highest BCUT2D eigenvalue weighted by Crippen LogP contribution is 2.08. The molecule has 0 aromatic carbocycles. The van der Waals surface area contributed by atoms with Crippen molar-refractivity contribution in [2.75, 3.05) is 13.7 Å². The summed E-state index contributed by atoms with van der Waals surface area (Å²) in [5, 5.41) is 3.08. The van der Waals surface area contributed by atoms with Gasteiger partial charge in [-0.2, -0.15) is 0 Å². The first-order valence-corrected chi connectivity index (χ1v) is 4.58. The molecule has 1 aromatic rings. The minimum absolute atomic E-state index is 0.395. The molecule has 0 aliphatic rings. The summed E-state index contributed by atoms with van der Waals surface area (Å²) in [4.78, 5) is 11.1. The summed E-state index contributed by atoms with van der Waals surface area (Å²) in [6, 6.07) is 1.65. The maximum Gasteiger partial charge on any atom is 0.341 e. The van der Waals surface area contributed by atoms with Crippen LogP contribution in [0.4, 0.5) is 0 Å². The van der Waals surface area contributed by atoms with Gasteiger partial charge in [-0.05, 0) is 6.07 Å². The lowest BCUT2D eigenvalue weighted by molar-refractivity contribution is 0.0600. The second-order valence-corrected chi connectivity index (χ2v) is 2.92. The van der Waals surface area contributed by atoms with E-state index >= 15 is 0 Å². The lowest BCUT2D eigenvalue weighted by atomic mass is 10.3. The zero-order chi connectivity index (χ0) is 11.1. The Balaban J connectivity index is 2.40. The third-order valence-electron chi connectivity index (χ3n) is 1.82. The van der Waals surface area contributed by atoms with Crippen LogP contribution in [0.1, 0.15) is 22.5 Å². The number of carbonyl (C=O) groups is 1. The summed E-state index contributed by atoms with van der Waals surface area (Å²) in [6.07, 6.45) is 7.15.